The van der Waals surface area contributed by atoms with E-state index in [1.54, 1.807) is 7.11 Å². The van der Waals surface area contributed by atoms with E-state index in [-0.39, 0.29) is 11.3 Å². The fraction of sp³-hybridized carbons (Fsp3) is 0.211. The molecule has 6 heteroatoms. The van der Waals surface area contributed by atoms with Crippen LogP contribution in [0.1, 0.15) is 42.0 Å². The van der Waals surface area contributed by atoms with E-state index in [1.807, 2.05) is 71.6 Å². The molecule has 0 fully saturated rings. The molecule has 1 atom stereocenters. The number of allylic oxidation sites excluding steroid dienone is 2. The molecule has 0 bridgehead atoms. The third kappa shape index (κ3) is 3.54. The molecular weight excluding hydrogens is 550 g/mol. The smallest absolute Gasteiger partial charge is 0.355 e. The summed E-state index contributed by atoms with van der Waals surface area (Å²) in [7, 11) is 4.37. The van der Waals surface area contributed by atoms with Gasteiger partial charge in [-0.25, -0.2) is 9.59 Å². The fourth-order valence-corrected chi connectivity index (χ4v) is 7.69. The first-order valence-electron chi connectivity index (χ1n) is 14.7. The van der Waals surface area contributed by atoms with Crippen LogP contribution in [0, 0.1) is 0 Å². The number of nitrogens with zero attached hydrogens (tertiary/aromatic N) is 1. The summed E-state index contributed by atoms with van der Waals surface area (Å²) in [5.41, 5.74) is 6.34. The van der Waals surface area contributed by atoms with Crippen LogP contribution in [0.4, 0.5) is 5.69 Å². The third-order valence-electron chi connectivity index (χ3n) is 9.58. The summed E-state index contributed by atoms with van der Waals surface area (Å²) in [4.78, 5) is 30.7. The molecule has 1 aliphatic carbocycles. The van der Waals surface area contributed by atoms with E-state index in [9.17, 15) is 9.59 Å². The molecule has 4 aromatic rings. The molecule has 220 valence electrons. The molecule has 4 aromatic carbocycles. The Kier molecular flexibility index (Phi) is 6.29. The minimum Gasteiger partial charge on any atom is -0.497 e. The Morgan fingerprint density at radius 3 is 1.80 bits per heavy atom. The molecule has 0 aromatic heterocycles. The Morgan fingerprint density at radius 1 is 0.682 bits per heavy atom. The standard InChI is InChI=1S/C38H33NO5/c1-37(2)29-16-10-11-17-31(29)39-32(37)22-30(23-18-20-24(42-3)21-19-23)38(33(35(40)43-4)34(39)36(41)44-5)27-14-8-6-12-25(27)26-13-7-9-15-28(26)38/h6-22,30H,1-5H3. The van der Waals surface area contributed by atoms with E-state index in [0.29, 0.717) is 0 Å². The Hall–Kier alpha value is -5.10. The zero-order chi connectivity index (χ0) is 30.8. The lowest BCUT2D eigenvalue weighted by molar-refractivity contribution is -0.140. The quantitative estimate of drug-likeness (QED) is 0.240. The molecule has 2 aliphatic heterocycles. The molecule has 44 heavy (non-hydrogen) atoms. The van der Waals surface area contributed by atoms with Gasteiger partial charge in [0.05, 0.1) is 38.0 Å². The summed E-state index contributed by atoms with van der Waals surface area (Å²) in [5, 5.41) is 0. The molecule has 0 amide bonds. The first kappa shape index (κ1) is 27.7. The average Bonchev–Trinajstić information content (AvgIpc) is 3.40. The Bertz CT molecular complexity index is 1850. The van der Waals surface area contributed by atoms with Crippen molar-refractivity contribution in [2.45, 2.75) is 30.6 Å². The zero-order valence-corrected chi connectivity index (χ0v) is 25.4. The van der Waals surface area contributed by atoms with Gasteiger partial charge in [0.25, 0.3) is 0 Å². The molecule has 2 heterocycles. The van der Waals surface area contributed by atoms with E-state index in [4.69, 9.17) is 14.2 Å². The lowest BCUT2D eigenvalue weighted by Crippen LogP contribution is -2.41. The van der Waals surface area contributed by atoms with Crippen molar-refractivity contribution in [3.05, 3.63) is 142 Å². The number of carbonyl (C=O) groups is 2. The predicted octanol–water partition coefficient (Wildman–Crippen LogP) is 7.04. The fourth-order valence-electron chi connectivity index (χ4n) is 7.69. The Labute approximate surface area is 257 Å². The van der Waals surface area contributed by atoms with Crippen molar-refractivity contribution in [2.75, 3.05) is 26.2 Å². The van der Waals surface area contributed by atoms with E-state index >= 15 is 0 Å². The number of ether oxygens (including phenoxy) is 3. The number of hydrogen-bond acceptors (Lipinski definition) is 6. The van der Waals surface area contributed by atoms with Gasteiger partial charge in [-0.05, 0) is 51.6 Å². The van der Waals surface area contributed by atoms with Crippen LogP contribution in [0.3, 0.4) is 0 Å². The first-order chi connectivity index (χ1) is 21.3. The van der Waals surface area contributed by atoms with Crippen molar-refractivity contribution in [2.24, 2.45) is 0 Å². The second-order valence-corrected chi connectivity index (χ2v) is 11.9. The number of anilines is 1. The maximum absolute atomic E-state index is 14.5. The largest absolute Gasteiger partial charge is 0.497 e. The number of para-hydroxylation sites is 1. The van der Waals surface area contributed by atoms with Gasteiger partial charge in [0.2, 0.25) is 0 Å². The predicted molar refractivity (Wildman–Crippen MR) is 169 cm³/mol. The molecule has 0 radical (unpaired) electrons. The van der Waals surface area contributed by atoms with Crippen LogP contribution in [-0.4, -0.2) is 33.3 Å². The lowest BCUT2D eigenvalue weighted by Gasteiger charge is -2.40. The molecule has 0 saturated heterocycles. The zero-order valence-electron chi connectivity index (χ0n) is 25.4. The number of hydrogen-bond donors (Lipinski definition) is 0. The molecule has 1 spiro atoms. The maximum Gasteiger partial charge on any atom is 0.355 e. The van der Waals surface area contributed by atoms with Gasteiger partial charge in [-0.1, -0.05) is 98.8 Å². The van der Waals surface area contributed by atoms with Crippen molar-refractivity contribution in [1.82, 2.24) is 0 Å². The second-order valence-electron chi connectivity index (χ2n) is 11.9. The molecule has 6 nitrogen and oxygen atoms in total. The number of benzene rings is 4. The second kappa shape index (κ2) is 9.98. The van der Waals surface area contributed by atoms with Crippen LogP contribution in [-0.2, 0) is 29.9 Å². The van der Waals surface area contributed by atoms with Gasteiger partial charge in [-0.3, -0.25) is 0 Å². The van der Waals surface area contributed by atoms with E-state index in [0.717, 1.165) is 50.5 Å². The van der Waals surface area contributed by atoms with E-state index in [2.05, 4.69) is 50.3 Å². The summed E-state index contributed by atoms with van der Waals surface area (Å²) in [6.45, 7) is 4.31. The van der Waals surface area contributed by atoms with Gasteiger partial charge in [0.15, 0.2) is 0 Å². The summed E-state index contributed by atoms with van der Waals surface area (Å²) < 4.78 is 16.7. The molecule has 0 saturated carbocycles. The van der Waals surface area contributed by atoms with E-state index < -0.39 is 28.7 Å². The van der Waals surface area contributed by atoms with Gasteiger partial charge >= 0.3 is 11.9 Å². The van der Waals surface area contributed by atoms with E-state index in [1.165, 1.54) is 14.2 Å². The summed E-state index contributed by atoms with van der Waals surface area (Å²) in [5.74, 6) is -0.904. The van der Waals surface area contributed by atoms with Gasteiger partial charge in [0, 0.05) is 17.0 Å². The van der Waals surface area contributed by atoms with Crippen molar-refractivity contribution in [3.8, 4) is 16.9 Å². The highest BCUT2D eigenvalue weighted by Gasteiger charge is 2.59. The normalized spacial score (nSPS) is 18.4. The topological polar surface area (TPSA) is 65.1 Å². The summed E-state index contributed by atoms with van der Waals surface area (Å²) >= 11 is 0. The van der Waals surface area contributed by atoms with Gasteiger partial charge < -0.3 is 19.1 Å². The highest BCUT2D eigenvalue weighted by atomic mass is 16.5. The minimum atomic E-state index is -1.14. The summed E-state index contributed by atoms with van der Waals surface area (Å²) in [6.07, 6.45) is 2.25. The van der Waals surface area contributed by atoms with Crippen molar-refractivity contribution >= 4 is 17.6 Å². The number of carbonyl (C=O) groups excluding carboxylic acids is 2. The molecular formula is C38H33NO5. The van der Waals surface area contributed by atoms with Gasteiger partial charge in [0.1, 0.15) is 11.4 Å². The monoisotopic (exact) mass is 583 g/mol. The maximum atomic E-state index is 14.5. The van der Waals surface area contributed by atoms with Crippen LogP contribution < -0.4 is 9.64 Å². The average molecular weight is 584 g/mol. The Balaban J connectivity index is 1.73. The third-order valence-corrected chi connectivity index (χ3v) is 9.58. The number of esters is 2. The Morgan fingerprint density at radius 2 is 1.23 bits per heavy atom. The number of fused-ring (bicyclic) bond motifs is 8. The first-order valence-corrected chi connectivity index (χ1v) is 14.7. The van der Waals surface area contributed by atoms with Crippen molar-refractivity contribution < 1.29 is 23.8 Å². The lowest BCUT2D eigenvalue weighted by atomic mass is 9.60. The van der Waals surface area contributed by atoms with Crippen molar-refractivity contribution in [3.63, 3.8) is 0 Å². The highest BCUT2D eigenvalue weighted by Crippen LogP contribution is 2.64. The van der Waals surface area contributed by atoms with Crippen molar-refractivity contribution in [1.29, 1.82) is 0 Å². The van der Waals surface area contributed by atoms with Crippen LogP contribution in [0.15, 0.2) is 120 Å². The number of methoxy groups -OCH3 is 3. The van der Waals surface area contributed by atoms with Crippen LogP contribution in [0.2, 0.25) is 0 Å². The minimum absolute atomic E-state index is 0.158. The van der Waals surface area contributed by atoms with Gasteiger partial charge in [-0.2, -0.15) is 0 Å². The summed E-state index contributed by atoms with van der Waals surface area (Å²) in [6, 6.07) is 32.3. The number of rotatable bonds is 4. The molecule has 3 aliphatic rings. The highest BCUT2D eigenvalue weighted by molar-refractivity contribution is 6.09. The van der Waals surface area contributed by atoms with Crippen LogP contribution in [0.25, 0.3) is 11.1 Å². The van der Waals surface area contributed by atoms with Gasteiger partial charge in [-0.15, -0.1) is 0 Å². The SMILES string of the molecule is COC(=O)C1=C(C(=O)OC)C2(c3ccccc3-c3ccccc32)C(c2ccc(OC)cc2)C=C2N1c1ccccc1C2(C)C. The van der Waals surface area contributed by atoms with Crippen LogP contribution in [0.5, 0.6) is 5.75 Å². The van der Waals surface area contributed by atoms with Crippen LogP contribution >= 0.6 is 0 Å². The molecule has 7 rings (SSSR count). The molecule has 0 N–H and O–H groups in total. The molecule has 1 unspecified atom stereocenters.